The molecule has 2 aromatic rings. The van der Waals surface area contributed by atoms with E-state index in [0.717, 1.165) is 11.3 Å². The van der Waals surface area contributed by atoms with Crippen molar-refractivity contribution in [2.24, 2.45) is 0 Å². The van der Waals surface area contributed by atoms with E-state index in [1.807, 2.05) is 36.2 Å². The van der Waals surface area contributed by atoms with Crippen LogP contribution in [0.1, 0.15) is 47.1 Å². The number of benzene rings is 2. The first-order chi connectivity index (χ1) is 14.4. The van der Waals surface area contributed by atoms with Crippen molar-refractivity contribution in [3.63, 3.8) is 0 Å². The van der Waals surface area contributed by atoms with Crippen molar-refractivity contribution in [3.05, 3.63) is 59.2 Å². The molecule has 0 aliphatic rings. The fourth-order valence-electron chi connectivity index (χ4n) is 2.85. The number of esters is 2. The Morgan fingerprint density at radius 3 is 2.03 bits per heavy atom. The quantitative estimate of drug-likeness (QED) is 0.413. The molecule has 0 amide bonds. The predicted molar refractivity (Wildman–Crippen MR) is 126 cm³/mol. The van der Waals surface area contributed by atoms with Crippen molar-refractivity contribution in [2.75, 3.05) is 26.2 Å². The van der Waals surface area contributed by atoms with Gasteiger partial charge in [-0.05, 0) is 48.0 Å². The molecule has 31 heavy (non-hydrogen) atoms. The van der Waals surface area contributed by atoms with Crippen molar-refractivity contribution in [1.29, 1.82) is 0 Å². The van der Waals surface area contributed by atoms with E-state index in [4.69, 9.17) is 13.9 Å². The Kier molecular flexibility index (Phi) is 7.67. The summed E-state index contributed by atoms with van der Waals surface area (Å²) in [5.74, 6) is -1.18. The maximum Gasteiger partial charge on any atom is 0.340 e. The number of nitrogens with zero attached hydrogens (tertiary/aromatic N) is 1. The normalized spacial score (nSPS) is 11.7. The highest BCUT2D eigenvalue weighted by Gasteiger charge is 2.37. The highest BCUT2D eigenvalue weighted by molar-refractivity contribution is 6.74. The maximum absolute atomic E-state index is 12.5. The molecule has 7 heteroatoms. The first-order valence-corrected chi connectivity index (χ1v) is 13.1. The van der Waals surface area contributed by atoms with Crippen LogP contribution >= 0.6 is 0 Å². The lowest BCUT2D eigenvalue weighted by Crippen LogP contribution is -2.40. The Labute approximate surface area is 186 Å². The molecule has 168 valence electrons. The van der Waals surface area contributed by atoms with Gasteiger partial charge in [-0.2, -0.15) is 0 Å². The molecule has 0 unspecified atom stereocenters. The van der Waals surface area contributed by atoms with E-state index in [1.165, 1.54) is 14.2 Å². The predicted octanol–water partition coefficient (Wildman–Crippen LogP) is 5.55. The summed E-state index contributed by atoms with van der Waals surface area (Å²) in [6.45, 7) is 11.7. The van der Waals surface area contributed by atoms with E-state index in [0.29, 0.717) is 12.3 Å². The molecule has 0 aliphatic carbocycles. The first kappa shape index (κ1) is 24.6. The molecule has 0 heterocycles. The van der Waals surface area contributed by atoms with Crippen LogP contribution in [0.4, 0.5) is 11.4 Å². The number of rotatable bonds is 7. The zero-order chi connectivity index (χ0) is 23.4. The summed E-state index contributed by atoms with van der Waals surface area (Å²) in [6, 6.07) is 13.0. The number of carbonyl (C=O) groups excluding carboxylic acids is 2. The second-order valence-electron chi connectivity index (χ2n) is 8.96. The molecule has 2 aromatic carbocycles. The van der Waals surface area contributed by atoms with E-state index in [1.54, 1.807) is 18.2 Å². The lowest BCUT2D eigenvalue weighted by molar-refractivity contribution is 0.0556. The molecular formula is C24H33NO5Si. The molecule has 0 radical (unpaired) electrons. The second-order valence-corrected chi connectivity index (χ2v) is 13.8. The summed E-state index contributed by atoms with van der Waals surface area (Å²) in [7, 11) is 2.58. The maximum atomic E-state index is 12.5. The number of hydrogen-bond acceptors (Lipinski definition) is 6. The molecule has 0 aromatic heterocycles. The largest absolute Gasteiger partial charge is 0.465 e. The van der Waals surface area contributed by atoms with Gasteiger partial charge in [-0.15, -0.1) is 0 Å². The SMILES string of the molecule is COC(=O)c1cccc(N(C)c2ccc(CO[Si](C)(C)C(C)(C)C)cc2)c1C(=O)OC. The van der Waals surface area contributed by atoms with Gasteiger partial charge in [-0.3, -0.25) is 0 Å². The number of anilines is 2. The molecule has 6 nitrogen and oxygen atoms in total. The lowest BCUT2D eigenvalue weighted by atomic mass is 10.0. The van der Waals surface area contributed by atoms with Crippen LogP contribution in [-0.2, 0) is 20.5 Å². The van der Waals surface area contributed by atoms with Crippen molar-refractivity contribution in [2.45, 2.75) is 45.5 Å². The highest BCUT2D eigenvalue weighted by Crippen LogP contribution is 2.37. The smallest absolute Gasteiger partial charge is 0.340 e. The second kappa shape index (κ2) is 9.66. The van der Waals surface area contributed by atoms with Crippen LogP contribution in [0.15, 0.2) is 42.5 Å². The van der Waals surface area contributed by atoms with Crippen molar-refractivity contribution < 1.29 is 23.5 Å². The van der Waals surface area contributed by atoms with Gasteiger partial charge in [0.15, 0.2) is 8.32 Å². The minimum Gasteiger partial charge on any atom is -0.465 e. The molecule has 0 fully saturated rings. The van der Waals surface area contributed by atoms with Crippen LogP contribution in [0, 0.1) is 0 Å². The highest BCUT2D eigenvalue weighted by atomic mass is 28.4. The monoisotopic (exact) mass is 443 g/mol. The van der Waals surface area contributed by atoms with Gasteiger partial charge < -0.3 is 18.8 Å². The Balaban J connectivity index is 2.31. The minimum absolute atomic E-state index is 0.155. The zero-order valence-electron chi connectivity index (χ0n) is 19.7. The van der Waals surface area contributed by atoms with Gasteiger partial charge in [0.2, 0.25) is 0 Å². The lowest BCUT2D eigenvalue weighted by Gasteiger charge is -2.36. The molecule has 0 saturated heterocycles. The summed E-state index contributed by atoms with van der Waals surface area (Å²) in [5, 5.41) is 0.155. The van der Waals surface area contributed by atoms with E-state index in [9.17, 15) is 9.59 Å². The number of methoxy groups -OCH3 is 2. The van der Waals surface area contributed by atoms with Crippen molar-refractivity contribution in [3.8, 4) is 0 Å². The van der Waals surface area contributed by atoms with Gasteiger partial charge in [0, 0.05) is 12.7 Å². The molecule has 0 atom stereocenters. The summed E-state index contributed by atoms with van der Waals surface area (Å²) in [5.41, 5.74) is 2.84. The van der Waals surface area contributed by atoms with Crippen molar-refractivity contribution in [1.82, 2.24) is 0 Å². The van der Waals surface area contributed by atoms with Crippen LogP contribution < -0.4 is 4.90 Å². The van der Waals surface area contributed by atoms with Crippen LogP contribution in [0.25, 0.3) is 0 Å². The number of ether oxygens (including phenoxy) is 2. The number of carbonyl (C=O) groups is 2. The number of hydrogen-bond donors (Lipinski definition) is 0. The molecule has 2 rings (SSSR count). The van der Waals surface area contributed by atoms with Gasteiger partial charge in [-0.25, -0.2) is 9.59 Å². The third-order valence-electron chi connectivity index (χ3n) is 5.93. The standard InChI is InChI=1S/C24H33NO5Si/c1-24(2,3)31(7,8)30-16-17-12-14-18(15-13-17)25(4)20-11-9-10-19(22(26)28-5)21(20)23(27)29-6/h9-15H,16H2,1-8H3. The summed E-state index contributed by atoms with van der Waals surface area (Å²) in [6.07, 6.45) is 0. The molecule has 0 aliphatic heterocycles. The average molecular weight is 444 g/mol. The van der Waals surface area contributed by atoms with Crippen LogP contribution in [0.3, 0.4) is 0 Å². The molecule has 0 saturated carbocycles. The average Bonchev–Trinajstić information content (AvgIpc) is 2.75. The first-order valence-electron chi connectivity index (χ1n) is 10.2. The third kappa shape index (κ3) is 5.54. The summed E-state index contributed by atoms with van der Waals surface area (Å²) in [4.78, 5) is 26.5. The van der Waals surface area contributed by atoms with Crippen LogP contribution in [0.5, 0.6) is 0 Å². The zero-order valence-corrected chi connectivity index (χ0v) is 20.7. The van der Waals surface area contributed by atoms with Gasteiger partial charge in [0.25, 0.3) is 0 Å². The van der Waals surface area contributed by atoms with E-state index in [2.05, 4.69) is 33.9 Å². The van der Waals surface area contributed by atoms with E-state index >= 15 is 0 Å². The van der Waals surface area contributed by atoms with E-state index < -0.39 is 20.3 Å². The Hall–Kier alpha value is -2.64. The van der Waals surface area contributed by atoms with Crippen molar-refractivity contribution >= 4 is 31.6 Å². The Morgan fingerprint density at radius 1 is 0.935 bits per heavy atom. The van der Waals surface area contributed by atoms with Gasteiger partial charge in [0.05, 0.1) is 37.6 Å². The molecule has 0 N–H and O–H groups in total. The van der Waals surface area contributed by atoms with Gasteiger partial charge in [-0.1, -0.05) is 39.0 Å². The summed E-state index contributed by atoms with van der Waals surface area (Å²) < 4.78 is 16.0. The van der Waals surface area contributed by atoms with Gasteiger partial charge in [0.1, 0.15) is 0 Å². The molecule has 0 spiro atoms. The third-order valence-corrected chi connectivity index (χ3v) is 10.4. The van der Waals surface area contributed by atoms with Gasteiger partial charge >= 0.3 is 11.9 Å². The molecular weight excluding hydrogens is 410 g/mol. The Bertz CT molecular complexity index is 932. The summed E-state index contributed by atoms with van der Waals surface area (Å²) >= 11 is 0. The molecule has 0 bridgehead atoms. The fraction of sp³-hybridized carbons (Fsp3) is 0.417. The fourth-order valence-corrected chi connectivity index (χ4v) is 3.81. The minimum atomic E-state index is -1.83. The van der Waals surface area contributed by atoms with Crippen LogP contribution in [0.2, 0.25) is 18.1 Å². The van der Waals surface area contributed by atoms with E-state index in [-0.39, 0.29) is 16.2 Å². The van der Waals surface area contributed by atoms with Crippen LogP contribution in [-0.4, -0.2) is 41.5 Å². The topological polar surface area (TPSA) is 65.1 Å². The Morgan fingerprint density at radius 2 is 1.52 bits per heavy atom.